The molecule has 3 atom stereocenters. The molecule has 0 aromatic heterocycles. The molecule has 0 amide bonds. The van der Waals surface area contributed by atoms with Crippen LogP contribution in [-0.2, 0) is 14.3 Å². The zero-order chi connectivity index (χ0) is 25.1. The second kappa shape index (κ2) is 10.4. The molecule has 1 aliphatic carbocycles. The number of methoxy groups -OCH3 is 1. The predicted molar refractivity (Wildman–Crippen MR) is 134 cm³/mol. The van der Waals surface area contributed by atoms with Crippen molar-refractivity contribution >= 4 is 11.8 Å². The van der Waals surface area contributed by atoms with Gasteiger partial charge in [-0.15, -0.1) is 0 Å². The van der Waals surface area contributed by atoms with Gasteiger partial charge in [-0.3, -0.25) is 9.59 Å². The van der Waals surface area contributed by atoms with Crippen LogP contribution in [0, 0.1) is 5.92 Å². The van der Waals surface area contributed by atoms with Gasteiger partial charge in [0, 0.05) is 29.3 Å². The molecule has 0 radical (unpaired) electrons. The van der Waals surface area contributed by atoms with E-state index in [2.05, 4.69) is 11.9 Å². The fraction of sp³-hybridized carbons (Fsp3) is 0.379. The molecule has 2 aromatic carbocycles. The summed E-state index contributed by atoms with van der Waals surface area (Å²) in [6.07, 6.45) is 0.762. The van der Waals surface area contributed by atoms with Crippen LogP contribution in [0.2, 0.25) is 0 Å². The number of esters is 1. The lowest BCUT2D eigenvalue weighted by atomic mass is 9.69. The molecule has 1 heterocycles. The first-order valence-corrected chi connectivity index (χ1v) is 12.1. The van der Waals surface area contributed by atoms with E-state index in [9.17, 15) is 9.59 Å². The Kier molecular flexibility index (Phi) is 7.29. The van der Waals surface area contributed by atoms with Crippen molar-refractivity contribution in [2.75, 3.05) is 13.7 Å². The first-order valence-electron chi connectivity index (χ1n) is 12.1. The molecule has 0 saturated carbocycles. The predicted octanol–water partition coefficient (Wildman–Crippen LogP) is 5.26. The average molecular weight is 476 g/mol. The van der Waals surface area contributed by atoms with E-state index in [1.165, 1.54) is 0 Å². The van der Waals surface area contributed by atoms with Gasteiger partial charge < -0.3 is 19.5 Å². The van der Waals surface area contributed by atoms with Gasteiger partial charge in [0.15, 0.2) is 5.78 Å². The van der Waals surface area contributed by atoms with E-state index in [1.807, 2.05) is 69.3 Å². The van der Waals surface area contributed by atoms with Gasteiger partial charge in [-0.1, -0.05) is 30.8 Å². The van der Waals surface area contributed by atoms with E-state index in [1.54, 1.807) is 7.11 Å². The van der Waals surface area contributed by atoms with Crippen molar-refractivity contribution in [3.63, 3.8) is 0 Å². The Labute approximate surface area is 207 Å². The number of benzene rings is 2. The van der Waals surface area contributed by atoms with E-state index < -0.39 is 11.8 Å². The minimum atomic E-state index is -0.699. The smallest absolute Gasteiger partial charge is 0.316 e. The Morgan fingerprint density at radius 2 is 1.66 bits per heavy atom. The van der Waals surface area contributed by atoms with E-state index in [0.29, 0.717) is 30.7 Å². The quantitative estimate of drug-likeness (QED) is 0.551. The number of hydrogen-bond donors (Lipinski definition) is 1. The molecule has 0 fully saturated rings. The first-order chi connectivity index (χ1) is 16.8. The number of carbonyl (C=O) groups excluding carboxylic acids is 2. The fourth-order valence-corrected chi connectivity index (χ4v) is 5.04. The molecule has 1 aliphatic heterocycles. The Morgan fingerprint density at radius 3 is 2.26 bits per heavy atom. The third kappa shape index (κ3) is 5.11. The Morgan fingerprint density at radius 1 is 1.03 bits per heavy atom. The van der Waals surface area contributed by atoms with Crippen molar-refractivity contribution in [3.8, 4) is 11.5 Å². The van der Waals surface area contributed by atoms with Crippen LogP contribution in [0.5, 0.6) is 11.5 Å². The van der Waals surface area contributed by atoms with Crippen LogP contribution in [0.4, 0.5) is 0 Å². The molecular weight excluding hydrogens is 442 g/mol. The van der Waals surface area contributed by atoms with Crippen molar-refractivity contribution in [1.82, 2.24) is 5.32 Å². The number of carbonyl (C=O) groups is 2. The Hall–Kier alpha value is -3.54. The summed E-state index contributed by atoms with van der Waals surface area (Å²) in [7, 11) is 1.63. The molecule has 4 rings (SSSR count). The van der Waals surface area contributed by atoms with Crippen molar-refractivity contribution in [2.24, 2.45) is 5.92 Å². The van der Waals surface area contributed by atoms with Crippen molar-refractivity contribution in [1.29, 1.82) is 0 Å². The zero-order valence-electron chi connectivity index (χ0n) is 20.8. The van der Waals surface area contributed by atoms with Gasteiger partial charge in [-0.2, -0.15) is 0 Å². The van der Waals surface area contributed by atoms with Gasteiger partial charge in [0.2, 0.25) is 0 Å². The van der Waals surface area contributed by atoms with E-state index in [4.69, 9.17) is 14.2 Å². The van der Waals surface area contributed by atoms with Crippen molar-refractivity contribution < 1.29 is 23.8 Å². The van der Waals surface area contributed by atoms with E-state index in [0.717, 1.165) is 28.3 Å². The maximum Gasteiger partial charge on any atom is 0.316 e. The Balaban J connectivity index is 1.74. The molecule has 35 heavy (non-hydrogen) atoms. The third-order valence-electron chi connectivity index (χ3n) is 6.58. The Bertz CT molecular complexity index is 1130. The van der Waals surface area contributed by atoms with Crippen LogP contribution in [0.1, 0.15) is 56.6 Å². The van der Waals surface area contributed by atoms with Crippen LogP contribution in [0.25, 0.3) is 0 Å². The molecular formula is C29H33NO5. The van der Waals surface area contributed by atoms with Crippen molar-refractivity contribution in [3.05, 3.63) is 83.2 Å². The topological polar surface area (TPSA) is 73.9 Å². The number of hydrogen-bond acceptors (Lipinski definition) is 6. The molecule has 3 unspecified atom stereocenters. The highest BCUT2D eigenvalue weighted by Crippen LogP contribution is 2.47. The largest absolute Gasteiger partial charge is 0.497 e. The summed E-state index contributed by atoms with van der Waals surface area (Å²) in [4.78, 5) is 26.9. The van der Waals surface area contributed by atoms with Gasteiger partial charge in [0.25, 0.3) is 0 Å². The number of nitrogens with one attached hydrogen (secondary N) is 1. The van der Waals surface area contributed by atoms with Crippen LogP contribution < -0.4 is 14.8 Å². The highest BCUT2D eigenvalue weighted by Gasteiger charge is 2.45. The van der Waals surface area contributed by atoms with Gasteiger partial charge in [-0.05, 0) is 68.5 Å². The van der Waals surface area contributed by atoms with Crippen molar-refractivity contribution in [2.45, 2.75) is 51.6 Å². The molecule has 184 valence electrons. The fourth-order valence-electron chi connectivity index (χ4n) is 5.04. The summed E-state index contributed by atoms with van der Waals surface area (Å²) >= 11 is 0. The van der Waals surface area contributed by atoms with Crippen LogP contribution in [-0.4, -0.2) is 31.6 Å². The average Bonchev–Trinajstić information content (AvgIpc) is 2.83. The highest BCUT2D eigenvalue weighted by molar-refractivity contribution is 6.01. The molecule has 1 N–H and O–H groups in total. The monoisotopic (exact) mass is 475 g/mol. The molecule has 0 bridgehead atoms. The summed E-state index contributed by atoms with van der Waals surface area (Å²) in [5.41, 5.74) is 3.98. The summed E-state index contributed by atoms with van der Waals surface area (Å²) in [6.45, 7) is 10.3. The summed E-state index contributed by atoms with van der Waals surface area (Å²) < 4.78 is 16.5. The minimum Gasteiger partial charge on any atom is -0.497 e. The lowest BCUT2D eigenvalue weighted by Crippen LogP contribution is -2.42. The van der Waals surface area contributed by atoms with Gasteiger partial charge >= 0.3 is 5.97 Å². The lowest BCUT2D eigenvalue weighted by molar-refractivity contribution is -0.151. The van der Waals surface area contributed by atoms with Crippen LogP contribution >= 0.6 is 0 Å². The minimum absolute atomic E-state index is 0.0348. The summed E-state index contributed by atoms with van der Waals surface area (Å²) in [5, 5.41) is 3.32. The maximum atomic E-state index is 13.7. The maximum absolute atomic E-state index is 13.7. The van der Waals surface area contributed by atoms with Gasteiger partial charge in [0.1, 0.15) is 17.4 Å². The number of Topliss-reactive ketones (excluding diaryl/α,β-unsaturated/α-hetero) is 1. The zero-order valence-corrected chi connectivity index (χ0v) is 20.8. The number of ketones is 1. The molecule has 0 spiro atoms. The second-order valence-electron chi connectivity index (χ2n) is 9.29. The van der Waals surface area contributed by atoms with E-state index in [-0.39, 0.29) is 23.8 Å². The summed E-state index contributed by atoms with van der Waals surface area (Å²) in [6, 6.07) is 15.5. The standard InChI is InChI=1S/C29H33NO5/c1-6-34-23-13-9-20(10-14-23)27-26(29(32)35-17(2)3)18(4)30-24-15-21(16-25(31)28(24)27)19-7-11-22(33-5)12-8-19/h7-14,17,21,26-27,30H,4,6,15-16H2,1-3,5H3. The molecule has 6 heteroatoms. The molecule has 0 saturated heterocycles. The molecule has 6 nitrogen and oxygen atoms in total. The number of allylic oxidation sites excluding steroid dienone is 2. The van der Waals surface area contributed by atoms with Crippen LogP contribution in [0.3, 0.4) is 0 Å². The molecule has 2 aliphatic rings. The number of rotatable bonds is 7. The second-order valence-corrected chi connectivity index (χ2v) is 9.29. The number of ether oxygens (including phenoxy) is 3. The van der Waals surface area contributed by atoms with Gasteiger partial charge in [0.05, 0.1) is 19.8 Å². The summed E-state index contributed by atoms with van der Waals surface area (Å²) in [5.74, 6) is 0.0468. The normalized spacial score (nSPS) is 21.9. The van der Waals surface area contributed by atoms with Gasteiger partial charge in [-0.25, -0.2) is 0 Å². The third-order valence-corrected chi connectivity index (χ3v) is 6.58. The SMILES string of the molecule is C=C1NC2=C(C(=O)CC(c3ccc(OC)cc3)C2)C(c2ccc(OCC)cc2)C1C(=O)OC(C)C. The lowest BCUT2D eigenvalue weighted by Gasteiger charge is -2.40. The van der Waals surface area contributed by atoms with E-state index >= 15 is 0 Å². The van der Waals surface area contributed by atoms with Crippen LogP contribution in [0.15, 0.2) is 72.1 Å². The first kappa shape index (κ1) is 24.6. The molecule has 2 aromatic rings. The highest BCUT2D eigenvalue weighted by atomic mass is 16.5.